The van der Waals surface area contributed by atoms with Crippen molar-refractivity contribution >= 4 is 0 Å². The Morgan fingerprint density at radius 3 is 1.55 bits per heavy atom. The van der Waals surface area contributed by atoms with Crippen LogP contribution < -0.4 is 0 Å². The van der Waals surface area contributed by atoms with Crippen LogP contribution in [0, 0.1) is 0 Å². The molecule has 0 aromatic carbocycles. The fourth-order valence-electron chi connectivity index (χ4n) is 2.56. The molecule has 0 saturated carbocycles. The number of hydrogen-bond donors (Lipinski definition) is 1. The van der Waals surface area contributed by atoms with E-state index in [1.807, 2.05) is 0 Å². The second-order valence-corrected chi connectivity index (χ2v) is 6.40. The summed E-state index contributed by atoms with van der Waals surface area (Å²) in [7, 11) is 2.11. The van der Waals surface area contributed by atoms with Crippen LogP contribution >= 0.6 is 0 Å². The molecule has 0 radical (unpaired) electrons. The summed E-state index contributed by atoms with van der Waals surface area (Å²) in [5, 5.41) is 9.05. The number of aliphatic hydroxyl groups excluding tert-OH is 1. The summed E-state index contributed by atoms with van der Waals surface area (Å²) in [5.41, 5.74) is 0. The average Bonchev–Trinajstić information content (AvgIpc) is 2.47. The summed E-state index contributed by atoms with van der Waals surface area (Å²) >= 11 is 0. The molecule has 0 heterocycles. The Labute approximate surface area is 127 Å². The molecule has 1 unspecified atom stereocenters. The van der Waals surface area contributed by atoms with Crippen LogP contribution in [0.5, 0.6) is 0 Å². The Hall–Kier alpha value is -0.0800. The smallest absolute Gasteiger partial charge is 0.0584 e. The van der Waals surface area contributed by atoms with Crippen LogP contribution in [0.3, 0.4) is 0 Å². The van der Waals surface area contributed by atoms with Crippen molar-refractivity contribution in [1.29, 1.82) is 0 Å². The van der Waals surface area contributed by atoms with E-state index in [1.54, 1.807) is 0 Å². The highest BCUT2D eigenvalue weighted by molar-refractivity contribution is 4.61. The summed E-state index contributed by atoms with van der Waals surface area (Å²) in [4.78, 5) is 2.26. The lowest BCUT2D eigenvalue weighted by Gasteiger charge is -2.22. The molecule has 0 rings (SSSR count). The lowest BCUT2D eigenvalue weighted by atomic mass is 10.1. The van der Waals surface area contributed by atoms with Crippen molar-refractivity contribution in [3.63, 3.8) is 0 Å². The van der Waals surface area contributed by atoms with Gasteiger partial charge in [-0.2, -0.15) is 0 Å². The van der Waals surface area contributed by atoms with E-state index in [0.29, 0.717) is 6.04 Å². The van der Waals surface area contributed by atoms with Gasteiger partial charge in [0.2, 0.25) is 0 Å². The molecular weight excluding hydrogens is 246 g/mol. The maximum absolute atomic E-state index is 9.05. The quantitative estimate of drug-likeness (QED) is 0.428. The third kappa shape index (κ3) is 12.9. The molecule has 122 valence electrons. The molecule has 0 aliphatic carbocycles. The van der Waals surface area contributed by atoms with Gasteiger partial charge in [-0.15, -0.1) is 0 Å². The first-order chi connectivity index (χ1) is 9.72. The van der Waals surface area contributed by atoms with Gasteiger partial charge < -0.3 is 10.0 Å². The molecule has 0 spiro atoms. The van der Waals surface area contributed by atoms with Crippen molar-refractivity contribution in [2.24, 2.45) is 0 Å². The first-order valence-corrected chi connectivity index (χ1v) is 9.03. The molecule has 2 nitrogen and oxygen atoms in total. The van der Waals surface area contributed by atoms with E-state index in [1.165, 1.54) is 77.0 Å². The van der Waals surface area contributed by atoms with Crippen LogP contribution in [0.25, 0.3) is 0 Å². The Kier molecular flexibility index (Phi) is 15.3. The van der Waals surface area contributed by atoms with Gasteiger partial charge >= 0.3 is 0 Å². The van der Waals surface area contributed by atoms with Gasteiger partial charge in [0.05, 0.1) is 6.61 Å². The topological polar surface area (TPSA) is 23.5 Å². The number of hydrogen-bond acceptors (Lipinski definition) is 2. The van der Waals surface area contributed by atoms with Gasteiger partial charge in [-0.05, 0) is 26.9 Å². The first kappa shape index (κ1) is 19.9. The monoisotopic (exact) mass is 285 g/mol. The zero-order valence-electron chi connectivity index (χ0n) is 14.4. The van der Waals surface area contributed by atoms with Crippen molar-refractivity contribution in [2.75, 3.05) is 20.2 Å². The van der Waals surface area contributed by atoms with E-state index in [9.17, 15) is 0 Å². The molecule has 0 aromatic rings. The van der Waals surface area contributed by atoms with E-state index < -0.39 is 0 Å². The molecule has 0 fully saturated rings. The van der Waals surface area contributed by atoms with Crippen molar-refractivity contribution in [3.8, 4) is 0 Å². The highest BCUT2D eigenvalue weighted by atomic mass is 16.3. The zero-order valence-corrected chi connectivity index (χ0v) is 14.4. The number of aliphatic hydroxyl groups is 1. The van der Waals surface area contributed by atoms with Crippen LogP contribution in [0.1, 0.15) is 90.9 Å². The molecule has 20 heavy (non-hydrogen) atoms. The summed E-state index contributed by atoms with van der Waals surface area (Å²) in [5.74, 6) is 0. The predicted octanol–water partition coefficient (Wildman–Crippen LogP) is 5.00. The van der Waals surface area contributed by atoms with Gasteiger partial charge in [0, 0.05) is 6.04 Å². The molecule has 2 heteroatoms. The molecule has 0 bridgehead atoms. The zero-order chi connectivity index (χ0) is 15.1. The van der Waals surface area contributed by atoms with E-state index in [4.69, 9.17) is 5.11 Å². The van der Waals surface area contributed by atoms with E-state index in [0.717, 1.165) is 6.54 Å². The highest BCUT2D eigenvalue weighted by Gasteiger charge is 2.06. The summed E-state index contributed by atoms with van der Waals surface area (Å²) < 4.78 is 0. The first-order valence-electron chi connectivity index (χ1n) is 9.03. The van der Waals surface area contributed by atoms with Crippen LogP contribution in [0.2, 0.25) is 0 Å². The van der Waals surface area contributed by atoms with Crippen LogP contribution in [-0.4, -0.2) is 36.2 Å². The highest BCUT2D eigenvalue weighted by Crippen LogP contribution is 2.12. The second-order valence-electron chi connectivity index (χ2n) is 6.40. The van der Waals surface area contributed by atoms with E-state index in [-0.39, 0.29) is 6.61 Å². The third-order valence-electron chi connectivity index (χ3n) is 4.38. The van der Waals surface area contributed by atoms with Crippen molar-refractivity contribution < 1.29 is 5.11 Å². The molecular formula is C18H39NO. The lowest BCUT2D eigenvalue weighted by molar-refractivity contribution is 0.157. The Balaban J connectivity index is 3.10. The summed E-state index contributed by atoms with van der Waals surface area (Å²) in [6, 6.07) is 0.308. The van der Waals surface area contributed by atoms with Crippen molar-refractivity contribution in [2.45, 2.75) is 96.9 Å². The second kappa shape index (κ2) is 15.3. The Bertz CT molecular complexity index is 184. The van der Waals surface area contributed by atoms with Gasteiger partial charge in [-0.25, -0.2) is 0 Å². The van der Waals surface area contributed by atoms with Crippen molar-refractivity contribution in [1.82, 2.24) is 4.90 Å². The number of nitrogens with zero attached hydrogens (tertiary/aromatic N) is 1. The minimum atomic E-state index is 0.273. The molecule has 1 atom stereocenters. The lowest BCUT2D eigenvalue weighted by Crippen LogP contribution is -2.32. The van der Waals surface area contributed by atoms with E-state index >= 15 is 0 Å². The standard InChI is InChI=1S/C18H39NO/c1-4-5-6-7-8-9-10-11-12-13-14-15-16-19(3)18(2)17-20/h18,20H,4-17H2,1-3H3. The molecule has 0 saturated heterocycles. The summed E-state index contributed by atoms with van der Waals surface area (Å²) in [6.45, 7) is 5.76. The summed E-state index contributed by atoms with van der Waals surface area (Å²) in [6.07, 6.45) is 16.8. The largest absolute Gasteiger partial charge is 0.395 e. The number of rotatable bonds is 15. The van der Waals surface area contributed by atoms with Crippen LogP contribution in [0.15, 0.2) is 0 Å². The fraction of sp³-hybridized carbons (Fsp3) is 1.00. The number of unbranched alkanes of at least 4 members (excludes halogenated alkanes) is 11. The Morgan fingerprint density at radius 1 is 0.750 bits per heavy atom. The SMILES string of the molecule is CCCCCCCCCCCCCCN(C)C(C)CO. The minimum absolute atomic E-state index is 0.273. The van der Waals surface area contributed by atoms with Gasteiger partial charge in [0.15, 0.2) is 0 Å². The van der Waals surface area contributed by atoms with E-state index in [2.05, 4.69) is 25.8 Å². The Morgan fingerprint density at radius 2 is 1.15 bits per heavy atom. The predicted molar refractivity (Wildman–Crippen MR) is 90.3 cm³/mol. The van der Waals surface area contributed by atoms with Crippen molar-refractivity contribution in [3.05, 3.63) is 0 Å². The maximum Gasteiger partial charge on any atom is 0.0584 e. The molecule has 0 aliphatic rings. The van der Waals surface area contributed by atoms with Gasteiger partial charge in [-0.1, -0.05) is 77.6 Å². The minimum Gasteiger partial charge on any atom is -0.395 e. The third-order valence-corrected chi connectivity index (χ3v) is 4.38. The molecule has 0 aliphatic heterocycles. The number of likely N-dealkylation sites (N-methyl/N-ethyl adjacent to an activating group) is 1. The van der Waals surface area contributed by atoms with Gasteiger partial charge in [-0.3, -0.25) is 0 Å². The molecule has 1 N–H and O–H groups in total. The average molecular weight is 286 g/mol. The van der Waals surface area contributed by atoms with Crippen LogP contribution in [0.4, 0.5) is 0 Å². The molecule has 0 aromatic heterocycles. The van der Waals surface area contributed by atoms with Gasteiger partial charge in [0.25, 0.3) is 0 Å². The fourth-order valence-corrected chi connectivity index (χ4v) is 2.56. The normalized spacial score (nSPS) is 13.1. The van der Waals surface area contributed by atoms with Gasteiger partial charge in [0.1, 0.15) is 0 Å². The molecule has 0 amide bonds. The maximum atomic E-state index is 9.05. The van der Waals surface area contributed by atoms with Crippen LogP contribution in [-0.2, 0) is 0 Å².